The number of aromatic hydroxyl groups is 2. The van der Waals surface area contributed by atoms with Gasteiger partial charge in [0.2, 0.25) is 0 Å². The van der Waals surface area contributed by atoms with Crippen molar-refractivity contribution in [1.29, 1.82) is 0 Å². The highest BCUT2D eigenvalue weighted by Gasteiger charge is 2.60. The van der Waals surface area contributed by atoms with Gasteiger partial charge >= 0.3 is 11.9 Å². The number of hydrogen-bond donors (Lipinski definition) is 4. The highest BCUT2D eigenvalue weighted by atomic mass is 32.2. The number of phenols is 2. The lowest BCUT2D eigenvalue weighted by molar-refractivity contribution is -0.184. The van der Waals surface area contributed by atoms with E-state index < -0.39 is 47.6 Å². The van der Waals surface area contributed by atoms with Gasteiger partial charge < -0.3 is 40.0 Å². The van der Waals surface area contributed by atoms with Crippen LogP contribution in [0.15, 0.2) is 6.07 Å². The zero-order valence-electron chi connectivity index (χ0n) is 24.9. The summed E-state index contributed by atoms with van der Waals surface area (Å²) in [6.45, 7) is 4.63. The summed E-state index contributed by atoms with van der Waals surface area (Å²) in [7, 11) is 4.84. The molecular formula is C30H37N3O9S. The zero-order chi connectivity index (χ0) is 31.1. The van der Waals surface area contributed by atoms with E-state index in [1.54, 1.807) is 6.92 Å². The Balaban J connectivity index is 1.69. The molecule has 7 atom stereocenters. The number of methoxy groups -OCH3 is 2. The monoisotopic (exact) mass is 615 g/mol. The minimum absolute atomic E-state index is 0.0272. The molecule has 2 saturated heterocycles. The van der Waals surface area contributed by atoms with Crippen molar-refractivity contribution in [3.63, 3.8) is 0 Å². The Morgan fingerprint density at radius 2 is 1.77 bits per heavy atom. The number of rotatable bonds is 3. The maximum atomic E-state index is 12.8. The number of aryl methyl sites for hydroxylation is 1. The minimum atomic E-state index is -1.05. The lowest BCUT2D eigenvalue weighted by Crippen LogP contribution is -2.69. The van der Waals surface area contributed by atoms with Crippen molar-refractivity contribution >= 4 is 23.7 Å². The van der Waals surface area contributed by atoms with E-state index in [-0.39, 0.29) is 41.4 Å². The largest absolute Gasteiger partial charge is 0.504 e. The summed E-state index contributed by atoms with van der Waals surface area (Å²) >= 11 is 1.35. The Morgan fingerprint density at radius 3 is 2.42 bits per heavy atom. The van der Waals surface area contributed by atoms with Crippen LogP contribution < -0.4 is 19.9 Å². The van der Waals surface area contributed by atoms with E-state index in [1.165, 1.54) is 32.9 Å². The molecule has 13 heteroatoms. The second-order valence-electron chi connectivity index (χ2n) is 11.6. The van der Waals surface area contributed by atoms with Crippen LogP contribution in [0.25, 0.3) is 0 Å². The van der Waals surface area contributed by atoms with Crippen LogP contribution in [-0.2, 0) is 20.7 Å². The molecule has 0 aliphatic carbocycles. The number of aliphatic hydroxyl groups is 1. The summed E-state index contributed by atoms with van der Waals surface area (Å²) < 4.78 is 22.7. The molecule has 232 valence electrons. The van der Waals surface area contributed by atoms with Gasteiger partial charge in [0.25, 0.3) is 0 Å². The average molecular weight is 616 g/mol. The molecule has 4 heterocycles. The molecule has 0 spiro atoms. The number of fused-ring (bicyclic) bond motifs is 7. The maximum Gasteiger partial charge on any atom is 0.323 e. The second-order valence-corrected chi connectivity index (χ2v) is 12.8. The third kappa shape index (κ3) is 4.27. The fraction of sp³-hybridized carbons (Fsp3) is 0.533. The number of nitrogens with two attached hydrogens (primary N) is 1. The number of benzene rings is 2. The number of phenolic OH excluding ortho intramolecular Hbond substituents is 2. The Hall–Kier alpha value is -3.23. The molecule has 4 aliphatic rings. The van der Waals surface area contributed by atoms with Gasteiger partial charge in [0.15, 0.2) is 23.0 Å². The molecular weight excluding hydrogens is 578 g/mol. The van der Waals surface area contributed by atoms with Crippen molar-refractivity contribution in [2.24, 2.45) is 5.73 Å². The predicted octanol–water partition coefficient (Wildman–Crippen LogP) is 1.97. The Morgan fingerprint density at radius 1 is 1.09 bits per heavy atom. The summed E-state index contributed by atoms with van der Waals surface area (Å²) in [5.74, 6) is -0.431. The highest BCUT2D eigenvalue weighted by molar-refractivity contribution is 7.99. The van der Waals surface area contributed by atoms with Gasteiger partial charge in [-0.25, -0.2) is 0 Å². The number of likely N-dealkylation sites (N-methyl/N-ethyl adjacent to an activating group) is 1. The van der Waals surface area contributed by atoms with E-state index in [2.05, 4.69) is 4.90 Å². The van der Waals surface area contributed by atoms with Crippen LogP contribution in [0.5, 0.6) is 28.7 Å². The first-order valence-corrected chi connectivity index (χ1v) is 15.2. The molecule has 5 N–H and O–H groups in total. The van der Waals surface area contributed by atoms with E-state index in [9.17, 15) is 24.9 Å². The number of piperazine rings is 1. The molecule has 2 aromatic rings. The lowest BCUT2D eigenvalue weighted by atomic mass is 9.73. The van der Waals surface area contributed by atoms with Crippen LogP contribution in [-0.4, -0.2) is 95.0 Å². The van der Waals surface area contributed by atoms with Gasteiger partial charge in [0.1, 0.15) is 24.6 Å². The molecule has 4 bridgehead atoms. The van der Waals surface area contributed by atoms with Crippen LogP contribution in [0.2, 0.25) is 0 Å². The molecule has 0 saturated carbocycles. The summed E-state index contributed by atoms with van der Waals surface area (Å²) in [6, 6.07) is -1.22. The second kappa shape index (κ2) is 10.7. The van der Waals surface area contributed by atoms with E-state index >= 15 is 0 Å². The predicted molar refractivity (Wildman–Crippen MR) is 157 cm³/mol. The fourth-order valence-corrected chi connectivity index (χ4v) is 9.03. The molecule has 0 radical (unpaired) electrons. The number of nitrogens with zero attached hydrogens (tertiary/aromatic N) is 2. The molecule has 2 fully saturated rings. The van der Waals surface area contributed by atoms with E-state index in [0.717, 1.165) is 11.1 Å². The number of aliphatic hydroxyl groups excluding tert-OH is 1. The molecule has 12 nitrogen and oxygen atoms in total. The van der Waals surface area contributed by atoms with Crippen molar-refractivity contribution in [2.45, 2.75) is 68.9 Å². The van der Waals surface area contributed by atoms with Gasteiger partial charge in [-0.1, -0.05) is 6.07 Å². The Bertz CT molecular complexity index is 1520. The van der Waals surface area contributed by atoms with Crippen LogP contribution in [0.3, 0.4) is 0 Å². The van der Waals surface area contributed by atoms with E-state index in [4.69, 9.17) is 24.7 Å². The van der Waals surface area contributed by atoms with Crippen molar-refractivity contribution < 1.29 is 43.9 Å². The summed E-state index contributed by atoms with van der Waals surface area (Å²) in [6.07, 6.45) is -0.615. The van der Waals surface area contributed by atoms with Gasteiger partial charge in [-0.05, 0) is 38.4 Å². The van der Waals surface area contributed by atoms with Gasteiger partial charge in [-0.15, -0.1) is 11.8 Å². The van der Waals surface area contributed by atoms with Crippen molar-refractivity contribution in [2.75, 3.05) is 33.6 Å². The standard InChI is InChI=1S/C30H37N3O9S/c1-11-7-14-8-16-29(37)33-17-9-41-30(38)15(31)10-43-28(22(33)21(32(16)4)18(14)23(35)25(11)39-5)20-19(17)24(36)27(40-6)12(2)26(20)42-13(3)34/h7,15-17,21-22,28-29,35-37H,8-10,31H2,1-6H3/t15-,16-,17-,21+,22?,28+,29-/m0/s1. The Kier molecular flexibility index (Phi) is 7.45. The summed E-state index contributed by atoms with van der Waals surface area (Å²) in [5, 5.41) is 34.9. The first kappa shape index (κ1) is 29.8. The molecule has 0 aromatic heterocycles. The number of carbonyl (C=O) groups excluding carboxylic acids is 2. The molecule has 43 heavy (non-hydrogen) atoms. The summed E-state index contributed by atoms with van der Waals surface area (Å²) in [4.78, 5) is 29.2. The Labute approximate surface area is 253 Å². The number of carbonyl (C=O) groups is 2. The minimum Gasteiger partial charge on any atom is -0.504 e. The SMILES string of the molecule is COc1c(C)cc2c(c1O)[C@@H]1C3[C@@H]4SC[C@H](N)C(=O)OC[C@@H](c5c(O)c(OC)c(C)c(OC(C)=O)c54)N3[C@@H](O)[C@H](C2)N1C. The van der Waals surface area contributed by atoms with Crippen LogP contribution >= 0.6 is 11.8 Å². The normalized spacial score (nSPS) is 30.0. The van der Waals surface area contributed by atoms with Crippen molar-refractivity contribution in [3.8, 4) is 28.7 Å². The third-order valence-electron chi connectivity index (χ3n) is 9.34. The van der Waals surface area contributed by atoms with Gasteiger partial charge in [-0.2, -0.15) is 0 Å². The quantitative estimate of drug-likeness (QED) is 0.293. The summed E-state index contributed by atoms with van der Waals surface area (Å²) in [5.41, 5.74) is 9.92. The molecule has 6 rings (SSSR count). The molecule has 4 aliphatic heterocycles. The number of thioether (sulfide) groups is 1. The zero-order valence-corrected chi connectivity index (χ0v) is 25.7. The molecule has 1 unspecified atom stereocenters. The number of esters is 2. The first-order chi connectivity index (χ1) is 20.4. The average Bonchev–Trinajstić information content (AvgIpc) is 2.95. The van der Waals surface area contributed by atoms with Crippen molar-refractivity contribution in [3.05, 3.63) is 39.4 Å². The van der Waals surface area contributed by atoms with Crippen LogP contribution in [0.1, 0.15) is 57.6 Å². The number of hydrogen-bond acceptors (Lipinski definition) is 13. The van der Waals surface area contributed by atoms with E-state index in [1.807, 2.05) is 24.9 Å². The number of ether oxygens (including phenoxy) is 4. The van der Waals surface area contributed by atoms with Gasteiger partial charge in [-0.3, -0.25) is 19.4 Å². The van der Waals surface area contributed by atoms with Gasteiger partial charge in [0, 0.05) is 41.0 Å². The first-order valence-electron chi connectivity index (χ1n) is 14.1. The van der Waals surface area contributed by atoms with E-state index in [0.29, 0.717) is 34.4 Å². The molecule has 0 amide bonds. The topological polar surface area (TPSA) is 164 Å². The lowest BCUT2D eigenvalue weighted by Gasteiger charge is -2.62. The third-order valence-corrected chi connectivity index (χ3v) is 10.8. The van der Waals surface area contributed by atoms with Crippen LogP contribution in [0, 0.1) is 13.8 Å². The highest BCUT2D eigenvalue weighted by Crippen LogP contribution is 2.63. The van der Waals surface area contributed by atoms with Crippen LogP contribution in [0.4, 0.5) is 0 Å². The smallest absolute Gasteiger partial charge is 0.323 e. The number of cyclic esters (lactones) is 1. The van der Waals surface area contributed by atoms with Crippen molar-refractivity contribution in [1.82, 2.24) is 9.80 Å². The maximum absolute atomic E-state index is 12.8. The fourth-order valence-electron chi connectivity index (χ4n) is 7.60. The molecule has 2 aromatic carbocycles. The van der Waals surface area contributed by atoms with Gasteiger partial charge in [0.05, 0.1) is 37.6 Å².